The smallest absolute Gasteiger partial charge is 0.0906 e. The normalized spacial score (nSPS) is 14.7. The maximum atomic E-state index is 4.28. The van der Waals surface area contributed by atoms with E-state index in [4.69, 9.17) is 0 Å². The molecule has 1 aliphatic heterocycles. The van der Waals surface area contributed by atoms with Crippen LogP contribution in [0.1, 0.15) is 16.7 Å². The van der Waals surface area contributed by atoms with Crippen molar-refractivity contribution in [3.63, 3.8) is 0 Å². The maximum Gasteiger partial charge on any atom is 0.0906 e. The van der Waals surface area contributed by atoms with E-state index < -0.39 is 0 Å². The molecule has 0 atom stereocenters. The highest BCUT2D eigenvalue weighted by Crippen LogP contribution is 2.15. The van der Waals surface area contributed by atoms with Gasteiger partial charge in [-0.25, -0.2) is 0 Å². The van der Waals surface area contributed by atoms with Gasteiger partial charge < -0.3 is 4.90 Å². The average Bonchev–Trinajstić information content (AvgIpc) is 2.32. The Morgan fingerprint density at radius 1 is 1.28 bits per heavy atom. The highest BCUT2D eigenvalue weighted by Gasteiger charge is 2.07. The van der Waals surface area contributed by atoms with Gasteiger partial charge in [-0.1, -0.05) is 18.7 Å². The maximum absolute atomic E-state index is 4.28. The Morgan fingerprint density at radius 3 is 2.61 bits per heavy atom. The van der Waals surface area contributed by atoms with Crippen LogP contribution < -0.4 is 5.43 Å². The average molecular weight is 241 g/mol. The first-order chi connectivity index (χ1) is 8.56. The van der Waals surface area contributed by atoms with Crippen molar-refractivity contribution in [1.82, 2.24) is 10.3 Å². The molecule has 3 nitrogen and oxygen atoms in total. The van der Waals surface area contributed by atoms with Gasteiger partial charge in [-0.3, -0.25) is 5.43 Å². The first-order valence-electron chi connectivity index (χ1n) is 6.01. The number of rotatable bonds is 3. The van der Waals surface area contributed by atoms with Gasteiger partial charge in [0.1, 0.15) is 0 Å². The minimum atomic E-state index is 0.819. The molecule has 0 aromatic heterocycles. The second kappa shape index (κ2) is 5.19. The van der Waals surface area contributed by atoms with Crippen LogP contribution in [0.4, 0.5) is 0 Å². The molecule has 2 rings (SSSR count). The van der Waals surface area contributed by atoms with Crippen LogP contribution >= 0.6 is 0 Å². The van der Waals surface area contributed by atoms with Crippen LogP contribution in [0.25, 0.3) is 0 Å². The Bertz CT molecular complexity index is 525. The Labute approximate surface area is 109 Å². The Morgan fingerprint density at radius 2 is 2.06 bits per heavy atom. The summed E-state index contributed by atoms with van der Waals surface area (Å²) < 4.78 is 0. The molecule has 0 saturated carbocycles. The predicted octanol–water partition coefficient (Wildman–Crippen LogP) is 2.43. The number of nitrogens with one attached hydrogen (secondary N) is 1. The molecule has 94 valence electrons. The first kappa shape index (κ1) is 12.6. The van der Waals surface area contributed by atoms with Crippen molar-refractivity contribution in [3.8, 4) is 0 Å². The monoisotopic (exact) mass is 241 g/mol. The second-order valence-electron chi connectivity index (χ2n) is 4.85. The molecule has 1 aromatic carbocycles. The summed E-state index contributed by atoms with van der Waals surface area (Å²) in [5.74, 6) is 0. The lowest BCUT2D eigenvalue weighted by Gasteiger charge is -2.14. The molecule has 18 heavy (non-hydrogen) atoms. The lowest BCUT2D eigenvalue weighted by molar-refractivity contribution is 0.401. The third-order valence-corrected chi connectivity index (χ3v) is 2.89. The molecule has 0 fully saturated rings. The van der Waals surface area contributed by atoms with Crippen LogP contribution in [0.2, 0.25) is 0 Å². The third-order valence-electron chi connectivity index (χ3n) is 2.89. The largest absolute Gasteiger partial charge is 0.305 e. The molecule has 3 heteroatoms. The minimum absolute atomic E-state index is 0.819. The summed E-state index contributed by atoms with van der Waals surface area (Å²) >= 11 is 0. The number of allylic oxidation sites excluding steroid dienone is 2. The first-order valence-corrected chi connectivity index (χ1v) is 6.01. The van der Waals surface area contributed by atoms with Crippen molar-refractivity contribution < 1.29 is 0 Å². The topological polar surface area (TPSA) is 27.6 Å². The quantitative estimate of drug-likeness (QED) is 0.880. The number of hydrogen-bond donors (Lipinski definition) is 1. The fourth-order valence-electron chi connectivity index (χ4n) is 1.92. The van der Waals surface area contributed by atoms with E-state index in [2.05, 4.69) is 61.2 Å². The molecule has 1 N–H and O–H groups in total. The standard InChI is InChI=1S/C15H19N3/c1-11-9-13(6-7-14(11)10-18(3)4)15-8-5-12(2)16-17-15/h5-9,16H,2,10H2,1,3-4H3. The van der Waals surface area contributed by atoms with Crippen molar-refractivity contribution in [1.29, 1.82) is 0 Å². The zero-order valence-electron chi connectivity index (χ0n) is 11.2. The summed E-state index contributed by atoms with van der Waals surface area (Å²) in [6.45, 7) is 6.90. The summed E-state index contributed by atoms with van der Waals surface area (Å²) in [7, 11) is 4.16. The molecule has 1 aliphatic rings. The molecule has 1 heterocycles. The van der Waals surface area contributed by atoms with Gasteiger partial charge in [0.05, 0.1) is 5.71 Å². The van der Waals surface area contributed by atoms with Gasteiger partial charge >= 0.3 is 0 Å². The molecule has 1 aromatic rings. The summed E-state index contributed by atoms with van der Waals surface area (Å²) in [6, 6.07) is 6.47. The highest BCUT2D eigenvalue weighted by atomic mass is 15.3. The summed E-state index contributed by atoms with van der Waals surface area (Å²) in [5.41, 5.74) is 8.43. The van der Waals surface area contributed by atoms with E-state index >= 15 is 0 Å². The predicted molar refractivity (Wildman–Crippen MR) is 76.5 cm³/mol. The summed E-state index contributed by atoms with van der Waals surface area (Å²) in [6.07, 6.45) is 3.92. The number of aryl methyl sites for hydroxylation is 1. The third kappa shape index (κ3) is 2.87. The van der Waals surface area contributed by atoms with Crippen molar-refractivity contribution >= 4 is 5.71 Å². The highest BCUT2D eigenvalue weighted by molar-refractivity contribution is 6.09. The molecule has 0 saturated heterocycles. The number of hydrogen-bond acceptors (Lipinski definition) is 3. The van der Waals surface area contributed by atoms with Gasteiger partial charge in [-0.2, -0.15) is 5.10 Å². The molecular weight excluding hydrogens is 222 g/mol. The lowest BCUT2D eigenvalue weighted by atomic mass is 10.0. The fraction of sp³-hybridized carbons (Fsp3) is 0.267. The van der Waals surface area contributed by atoms with E-state index in [-0.39, 0.29) is 0 Å². The van der Waals surface area contributed by atoms with Gasteiger partial charge in [-0.05, 0) is 50.4 Å². The van der Waals surface area contributed by atoms with E-state index in [1.165, 1.54) is 11.1 Å². The number of hydrazone groups is 1. The van der Waals surface area contributed by atoms with Gasteiger partial charge in [0.15, 0.2) is 0 Å². The van der Waals surface area contributed by atoms with E-state index in [9.17, 15) is 0 Å². The molecule has 0 amide bonds. The zero-order chi connectivity index (χ0) is 13.1. The number of benzene rings is 1. The molecule has 0 radical (unpaired) electrons. The molecule has 0 aliphatic carbocycles. The van der Waals surface area contributed by atoms with Crippen molar-refractivity contribution in [3.05, 3.63) is 59.3 Å². The molecule has 0 spiro atoms. The SMILES string of the molecule is C=C1C=CC(c2ccc(CN(C)C)c(C)c2)=NN1. The van der Waals surface area contributed by atoms with Crippen molar-refractivity contribution in [2.24, 2.45) is 5.10 Å². The van der Waals surface area contributed by atoms with Crippen LogP contribution in [0.3, 0.4) is 0 Å². The molecule has 0 unspecified atom stereocenters. The van der Waals surface area contributed by atoms with Crippen LogP contribution in [-0.2, 0) is 6.54 Å². The summed E-state index contributed by atoms with van der Waals surface area (Å²) in [5, 5.41) is 4.28. The summed E-state index contributed by atoms with van der Waals surface area (Å²) in [4.78, 5) is 2.17. The van der Waals surface area contributed by atoms with Gasteiger partial charge in [0.25, 0.3) is 0 Å². The van der Waals surface area contributed by atoms with Crippen molar-refractivity contribution in [2.45, 2.75) is 13.5 Å². The fourth-order valence-corrected chi connectivity index (χ4v) is 1.92. The van der Waals surface area contributed by atoms with Crippen molar-refractivity contribution in [2.75, 3.05) is 14.1 Å². The van der Waals surface area contributed by atoms with Gasteiger partial charge in [0, 0.05) is 17.8 Å². The lowest BCUT2D eigenvalue weighted by Crippen LogP contribution is -2.14. The van der Waals surface area contributed by atoms with Crippen LogP contribution in [0.15, 0.2) is 47.7 Å². The zero-order valence-corrected chi connectivity index (χ0v) is 11.2. The van der Waals surface area contributed by atoms with E-state index in [0.717, 1.165) is 23.5 Å². The minimum Gasteiger partial charge on any atom is -0.305 e. The van der Waals surface area contributed by atoms with E-state index in [0.29, 0.717) is 0 Å². The van der Waals surface area contributed by atoms with E-state index in [1.54, 1.807) is 0 Å². The Hall–Kier alpha value is -1.87. The van der Waals surface area contributed by atoms with Crippen LogP contribution in [0, 0.1) is 6.92 Å². The molecular formula is C15H19N3. The Kier molecular flexibility index (Phi) is 3.63. The van der Waals surface area contributed by atoms with Crippen LogP contribution in [-0.4, -0.2) is 24.7 Å². The molecule has 0 bridgehead atoms. The van der Waals surface area contributed by atoms with Gasteiger partial charge in [0.2, 0.25) is 0 Å². The van der Waals surface area contributed by atoms with Crippen LogP contribution in [0.5, 0.6) is 0 Å². The number of nitrogens with zero attached hydrogens (tertiary/aromatic N) is 2. The van der Waals surface area contributed by atoms with E-state index in [1.807, 2.05) is 12.2 Å². The Balaban J connectivity index is 2.24. The van der Waals surface area contributed by atoms with Gasteiger partial charge in [-0.15, -0.1) is 0 Å². The second-order valence-corrected chi connectivity index (χ2v) is 4.85.